The van der Waals surface area contributed by atoms with Crippen LogP contribution in [0.2, 0.25) is 0 Å². The summed E-state index contributed by atoms with van der Waals surface area (Å²) in [5.74, 6) is -0.432. The Balaban J connectivity index is 1.42. The van der Waals surface area contributed by atoms with Crippen molar-refractivity contribution in [2.45, 2.75) is 12.8 Å². The van der Waals surface area contributed by atoms with Crippen LogP contribution in [-0.2, 0) is 22.4 Å². The molecule has 0 saturated carbocycles. The van der Waals surface area contributed by atoms with Gasteiger partial charge >= 0.3 is 0 Å². The van der Waals surface area contributed by atoms with Crippen molar-refractivity contribution in [3.8, 4) is 6.07 Å². The fraction of sp³-hybridized carbons (Fsp3) is 0.0909. The topological polar surface area (TPSA) is 111 Å². The molecule has 154 valence electrons. The van der Waals surface area contributed by atoms with Crippen LogP contribution in [0.25, 0.3) is 10.2 Å². The highest BCUT2D eigenvalue weighted by molar-refractivity contribution is 7.18. The lowest BCUT2D eigenvalue weighted by Crippen LogP contribution is -2.15. The zero-order valence-corrected chi connectivity index (χ0v) is 16.9. The van der Waals surface area contributed by atoms with E-state index >= 15 is 0 Å². The first kappa shape index (κ1) is 20.3. The second-order valence-electron chi connectivity index (χ2n) is 6.76. The molecule has 31 heavy (non-hydrogen) atoms. The number of hydrogen-bond acceptors (Lipinski definition) is 5. The molecule has 3 N–H and O–H groups in total. The van der Waals surface area contributed by atoms with E-state index in [0.717, 1.165) is 4.88 Å². The van der Waals surface area contributed by atoms with Gasteiger partial charge in [0.15, 0.2) is 0 Å². The summed E-state index contributed by atoms with van der Waals surface area (Å²) in [6.45, 7) is 0. The lowest BCUT2D eigenvalue weighted by atomic mass is 10.1. The van der Waals surface area contributed by atoms with Crippen LogP contribution < -0.4 is 10.6 Å². The van der Waals surface area contributed by atoms with Crippen molar-refractivity contribution in [3.63, 3.8) is 0 Å². The fourth-order valence-electron chi connectivity index (χ4n) is 3.06. The van der Waals surface area contributed by atoms with Crippen molar-refractivity contribution in [3.05, 3.63) is 76.4 Å². The van der Waals surface area contributed by atoms with Gasteiger partial charge < -0.3 is 10.6 Å². The lowest BCUT2D eigenvalue weighted by molar-refractivity contribution is -0.116. The van der Waals surface area contributed by atoms with E-state index in [9.17, 15) is 14.0 Å². The Labute approximate surface area is 180 Å². The molecular formula is C22H16FN5O2S. The molecule has 0 aliphatic rings. The molecular weight excluding hydrogens is 417 g/mol. The molecule has 0 aliphatic heterocycles. The maximum Gasteiger partial charge on any atom is 0.229 e. The summed E-state index contributed by atoms with van der Waals surface area (Å²) < 4.78 is 13.0. The number of carbonyl (C=O) groups excluding carboxylic acids is 2. The molecule has 7 nitrogen and oxygen atoms in total. The minimum atomic E-state index is -0.356. The number of fused-ring (bicyclic) bond motifs is 1. The Bertz CT molecular complexity index is 1300. The average Bonchev–Trinajstić information content (AvgIpc) is 3.31. The van der Waals surface area contributed by atoms with Crippen LogP contribution in [0, 0.1) is 17.1 Å². The minimum absolute atomic E-state index is 0.0957. The number of benzene rings is 2. The average molecular weight is 433 g/mol. The van der Waals surface area contributed by atoms with E-state index in [1.165, 1.54) is 23.5 Å². The summed E-state index contributed by atoms with van der Waals surface area (Å²) in [7, 11) is 0. The zero-order valence-electron chi connectivity index (χ0n) is 16.1. The van der Waals surface area contributed by atoms with Crippen LogP contribution in [-0.4, -0.2) is 22.0 Å². The monoisotopic (exact) mass is 433 g/mol. The Hall–Kier alpha value is -4.03. The number of nitrogens with one attached hydrogen (secondary N) is 3. The van der Waals surface area contributed by atoms with Gasteiger partial charge in [-0.05, 0) is 35.9 Å². The molecule has 0 aliphatic carbocycles. The lowest BCUT2D eigenvalue weighted by Gasteiger charge is -2.05. The van der Waals surface area contributed by atoms with Crippen molar-refractivity contribution in [2.75, 3.05) is 10.6 Å². The number of carbonyl (C=O) groups is 2. The summed E-state index contributed by atoms with van der Waals surface area (Å²) in [6, 6.07) is 16.4. The number of H-pyrrole nitrogens is 1. The number of rotatable bonds is 6. The standard InChI is InChI=1S/C22H16FN5O2S/c23-15-7-5-13(6-8-15)9-19(29)26-21-17-10-16(31-22(17)28-27-21)11-20(30)25-18-4-2-1-3-14(18)12-24/h1-8,10H,9,11H2,(H,25,30)(H2,26,27,28,29). The van der Waals surface area contributed by atoms with E-state index in [2.05, 4.69) is 20.8 Å². The quantitative estimate of drug-likeness (QED) is 0.427. The summed E-state index contributed by atoms with van der Waals surface area (Å²) >= 11 is 1.34. The van der Waals surface area contributed by atoms with E-state index in [0.29, 0.717) is 32.8 Å². The van der Waals surface area contributed by atoms with Crippen LogP contribution in [0.15, 0.2) is 54.6 Å². The highest BCUT2D eigenvalue weighted by Gasteiger charge is 2.15. The van der Waals surface area contributed by atoms with Crippen molar-refractivity contribution in [2.24, 2.45) is 0 Å². The largest absolute Gasteiger partial charge is 0.325 e. The Morgan fingerprint density at radius 2 is 1.81 bits per heavy atom. The molecule has 4 aromatic rings. The van der Waals surface area contributed by atoms with E-state index in [4.69, 9.17) is 5.26 Å². The molecule has 0 saturated heterocycles. The normalized spacial score (nSPS) is 10.6. The van der Waals surface area contributed by atoms with Crippen molar-refractivity contribution in [1.29, 1.82) is 5.26 Å². The van der Waals surface area contributed by atoms with Gasteiger partial charge in [-0.15, -0.1) is 11.3 Å². The summed E-state index contributed by atoms with van der Waals surface area (Å²) in [5, 5.41) is 22.3. The molecule has 2 aromatic carbocycles. The maximum absolute atomic E-state index is 13.0. The van der Waals surface area contributed by atoms with E-state index in [1.807, 2.05) is 6.07 Å². The van der Waals surface area contributed by atoms with Gasteiger partial charge in [-0.3, -0.25) is 14.7 Å². The third-order valence-electron chi connectivity index (χ3n) is 4.50. The van der Waals surface area contributed by atoms with E-state index < -0.39 is 0 Å². The number of aromatic amines is 1. The van der Waals surface area contributed by atoms with E-state index in [-0.39, 0.29) is 30.5 Å². The molecule has 2 heterocycles. The minimum Gasteiger partial charge on any atom is -0.325 e. The second-order valence-corrected chi connectivity index (χ2v) is 7.88. The number of aromatic nitrogens is 2. The Kier molecular flexibility index (Phi) is 5.73. The van der Waals surface area contributed by atoms with Gasteiger partial charge in [-0.2, -0.15) is 10.4 Å². The van der Waals surface area contributed by atoms with Crippen LogP contribution in [0.5, 0.6) is 0 Å². The van der Waals surface area contributed by atoms with Crippen LogP contribution >= 0.6 is 11.3 Å². The first-order valence-electron chi connectivity index (χ1n) is 9.32. The van der Waals surface area contributed by atoms with Crippen LogP contribution in [0.4, 0.5) is 15.9 Å². The smallest absolute Gasteiger partial charge is 0.229 e. The summed E-state index contributed by atoms with van der Waals surface area (Å²) in [4.78, 5) is 26.2. The Morgan fingerprint density at radius 3 is 2.58 bits per heavy atom. The fourth-order valence-corrected chi connectivity index (χ4v) is 4.05. The highest BCUT2D eigenvalue weighted by Crippen LogP contribution is 2.30. The molecule has 0 radical (unpaired) electrons. The van der Waals surface area contributed by atoms with Gasteiger partial charge in [0.25, 0.3) is 0 Å². The maximum atomic E-state index is 13.0. The molecule has 0 atom stereocenters. The van der Waals surface area contributed by atoms with Gasteiger partial charge in [-0.25, -0.2) is 4.39 Å². The van der Waals surface area contributed by atoms with Crippen molar-refractivity contribution in [1.82, 2.24) is 10.2 Å². The zero-order chi connectivity index (χ0) is 21.8. The number of nitrogens with zero attached hydrogens (tertiary/aromatic N) is 2. The first-order valence-corrected chi connectivity index (χ1v) is 10.1. The van der Waals surface area contributed by atoms with E-state index in [1.54, 1.807) is 42.5 Å². The highest BCUT2D eigenvalue weighted by atomic mass is 32.1. The van der Waals surface area contributed by atoms with Crippen LogP contribution in [0.1, 0.15) is 16.0 Å². The summed E-state index contributed by atoms with van der Waals surface area (Å²) in [5.41, 5.74) is 1.55. The number of hydrogen-bond donors (Lipinski definition) is 3. The van der Waals surface area contributed by atoms with Gasteiger partial charge in [0, 0.05) is 4.88 Å². The van der Waals surface area contributed by atoms with Crippen molar-refractivity contribution >= 4 is 44.9 Å². The predicted molar refractivity (Wildman–Crippen MR) is 116 cm³/mol. The number of nitriles is 1. The SMILES string of the molecule is N#Cc1ccccc1NC(=O)Cc1cc2c(NC(=O)Cc3ccc(F)cc3)[nH]nc2s1. The van der Waals surface area contributed by atoms with Gasteiger partial charge in [0.05, 0.1) is 29.5 Å². The van der Waals surface area contributed by atoms with Crippen molar-refractivity contribution < 1.29 is 14.0 Å². The predicted octanol–water partition coefficient (Wildman–Crippen LogP) is 4.00. The number of thiophene rings is 1. The molecule has 0 fully saturated rings. The molecule has 2 amide bonds. The molecule has 9 heteroatoms. The molecule has 4 rings (SSSR count). The molecule has 0 bridgehead atoms. The summed E-state index contributed by atoms with van der Waals surface area (Å²) in [6.07, 6.45) is 0.211. The molecule has 0 unspecified atom stereocenters. The third-order valence-corrected chi connectivity index (χ3v) is 5.53. The number of amides is 2. The third kappa shape index (κ3) is 4.76. The number of anilines is 2. The number of halogens is 1. The van der Waals surface area contributed by atoms with Gasteiger partial charge in [0.2, 0.25) is 11.8 Å². The van der Waals surface area contributed by atoms with Crippen LogP contribution in [0.3, 0.4) is 0 Å². The number of para-hydroxylation sites is 1. The van der Waals surface area contributed by atoms with Gasteiger partial charge in [0.1, 0.15) is 22.5 Å². The second kappa shape index (κ2) is 8.77. The van der Waals surface area contributed by atoms with Gasteiger partial charge in [-0.1, -0.05) is 24.3 Å². The first-order chi connectivity index (χ1) is 15.0. The molecule has 2 aromatic heterocycles. The Morgan fingerprint density at radius 1 is 1.06 bits per heavy atom. The molecule has 0 spiro atoms.